The van der Waals surface area contributed by atoms with Crippen LogP contribution < -0.4 is 10.6 Å². The van der Waals surface area contributed by atoms with Crippen LogP contribution in [0.5, 0.6) is 0 Å². The molecule has 1 fully saturated rings. The molecule has 0 atom stereocenters. The molecule has 4 nitrogen and oxygen atoms in total. The predicted molar refractivity (Wildman–Crippen MR) is 90.5 cm³/mol. The first-order valence-corrected chi connectivity index (χ1v) is 8.20. The van der Waals surface area contributed by atoms with Crippen LogP contribution in [0, 0.1) is 11.6 Å². The molecule has 2 aromatic rings. The fourth-order valence-corrected chi connectivity index (χ4v) is 2.89. The second-order valence-electron chi connectivity index (χ2n) is 6.12. The molecule has 6 heteroatoms. The molecule has 2 amide bonds. The third kappa shape index (κ3) is 4.21. The molecule has 2 N–H and O–H groups in total. The highest BCUT2D eigenvalue weighted by Crippen LogP contribution is 2.18. The van der Waals surface area contributed by atoms with Gasteiger partial charge in [0.2, 0.25) is 0 Å². The molecule has 0 heterocycles. The van der Waals surface area contributed by atoms with Crippen molar-refractivity contribution in [1.82, 2.24) is 5.32 Å². The third-order valence-electron chi connectivity index (χ3n) is 4.28. The lowest BCUT2D eigenvalue weighted by molar-refractivity contribution is 0.0936. The summed E-state index contributed by atoms with van der Waals surface area (Å²) in [6, 6.07) is 9.56. The number of nitrogens with one attached hydrogen (secondary N) is 2. The summed E-state index contributed by atoms with van der Waals surface area (Å²) in [5.74, 6) is -2.62. The Morgan fingerprint density at radius 3 is 2.04 bits per heavy atom. The van der Waals surface area contributed by atoms with Crippen LogP contribution >= 0.6 is 0 Å². The number of hydrogen-bond donors (Lipinski definition) is 2. The average molecular weight is 344 g/mol. The fraction of sp³-hybridized carbons (Fsp3) is 0.263. The number of amides is 2. The molecule has 0 aliphatic heterocycles. The topological polar surface area (TPSA) is 58.2 Å². The van der Waals surface area contributed by atoms with Crippen molar-refractivity contribution in [3.8, 4) is 0 Å². The molecule has 25 heavy (non-hydrogen) atoms. The van der Waals surface area contributed by atoms with Crippen LogP contribution in [0.2, 0.25) is 0 Å². The maximum atomic E-state index is 13.2. The zero-order valence-corrected chi connectivity index (χ0v) is 13.5. The van der Waals surface area contributed by atoms with Crippen molar-refractivity contribution < 1.29 is 18.4 Å². The van der Waals surface area contributed by atoms with Crippen molar-refractivity contribution in [2.75, 3.05) is 5.32 Å². The largest absolute Gasteiger partial charge is 0.349 e. The van der Waals surface area contributed by atoms with E-state index in [1.54, 1.807) is 12.1 Å². The molecule has 130 valence electrons. The van der Waals surface area contributed by atoms with E-state index in [1.807, 2.05) is 0 Å². The summed E-state index contributed by atoms with van der Waals surface area (Å²) in [5, 5.41) is 5.47. The predicted octanol–water partition coefficient (Wildman–Crippen LogP) is 3.89. The smallest absolute Gasteiger partial charge is 0.255 e. The Balaban J connectivity index is 1.63. The van der Waals surface area contributed by atoms with E-state index in [4.69, 9.17) is 0 Å². The minimum absolute atomic E-state index is 0.153. The SMILES string of the molecule is O=C(Nc1ccc(F)c(F)c1)c1ccc(C(=O)NC2CCCC2)cc1. The van der Waals surface area contributed by atoms with E-state index < -0.39 is 17.5 Å². The molecule has 0 radical (unpaired) electrons. The first kappa shape index (κ1) is 17.1. The van der Waals surface area contributed by atoms with Gasteiger partial charge in [0.1, 0.15) is 0 Å². The van der Waals surface area contributed by atoms with Gasteiger partial charge in [-0.3, -0.25) is 9.59 Å². The van der Waals surface area contributed by atoms with Crippen molar-refractivity contribution >= 4 is 17.5 Å². The van der Waals surface area contributed by atoms with Crippen molar-refractivity contribution in [3.05, 3.63) is 65.2 Å². The van der Waals surface area contributed by atoms with E-state index in [9.17, 15) is 18.4 Å². The molecule has 2 aromatic carbocycles. The van der Waals surface area contributed by atoms with E-state index in [0.29, 0.717) is 11.1 Å². The molecular formula is C19H18F2N2O2. The molecule has 0 bridgehead atoms. The number of halogens is 2. The van der Waals surface area contributed by atoms with Gasteiger partial charge in [0.25, 0.3) is 11.8 Å². The number of carbonyl (C=O) groups is 2. The number of carbonyl (C=O) groups excluding carboxylic acids is 2. The van der Waals surface area contributed by atoms with E-state index in [1.165, 1.54) is 18.2 Å². The van der Waals surface area contributed by atoms with E-state index in [2.05, 4.69) is 10.6 Å². The third-order valence-corrected chi connectivity index (χ3v) is 4.28. The number of anilines is 1. The van der Waals surface area contributed by atoms with Crippen LogP contribution in [-0.2, 0) is 0 Å². The van der Waals surface area contributed by atoms with Crippen LogP contribution in [0.4, 0.5) is 14.5 Å². The van der Waals surface area contributed by atoms with Crippen molar-refractivity contribution in [2.24, 2.45) is 0 Å². The standard InChI is InChI=1S/C19H18F2N2O2/c20-16-10-9-15(11-17(16)21)23-19(25)13-7-5-12(6-8-13)18(24)22-14-3-1-2-4-14/h5-11,14H,1-4H2,(H,22,24)(H,23,25). The van der Waals surface area contributed by atoms with E-state index in [-0.39, 0.29) is 17.6 Å². The molecular weight excluding hydrogens is 326 g/mol. The normalized spacial score (nSPS) is 14.3. The minimum Gasteiger partial charge on any atom is -0.349 e. The summed E-state index contributed by atoms with van der Waals surface area (Å²) in [6.07, 6.45) is 4.27. The highest BCUT2D eigenvalue weighted by atomic mass is 19.2. The van der Waals surface area contributed by atoms with E-state index >= 15 is 0 Å². The number of benzene rings is 2. The Labute approximate surface area is 144 Å². The van der Waals surface area contributed by atoms with Gasteiger partial charge in [-0.25, -0.2) is 8.78 Å². The van der Waals surface area contributed by atoms with Crippen molar-refractivity contribution in [1.29, 1.82) is 0 Å². The number of hydrogen-bond acceptors (Lipinski definition) is 2. The highest BCUT2D eigenvalue weighted by molar-refractivity contribution is 6.05. The van der Waals surface area contributed by atoms with Gasteiger partial charge in [-0.05, 0) is 49.2 Å². The van der Waals surface area contributed by atoms with Crippen LogP contribution in [0.1, 0.15) is 46.4 Å². The molecule has 3 rings (SSSR count). The lowest BCUT2D eigenvalue weighted by Gasteiger charge is -2.12. The van der Waals surface area contributed by atoms with Gasteiger partial charge in [0.15, 0.2) is 11.6 Å². The molecule has 1 aliphatic carbocycles. The zero-order valence-electron chi connectivity index (χ0n) is 13.5. The summed E-state index contributed by atoms with van der Waals surface area (Å²) in [7, 11) is 0. The molecule has 0 saturated heterocycles. The Kier molecular flexibility index (Phi) is 5.07. The van der Waals surface area contributed by atoms with Crippen LogP contribution in [0.25, 0.3) is 0 Å². The van der Waals surface area contributed by atoms with Crippen molar-refractivity contribution in [3.63, 3.8) is 0 Å². The molecule has 0 spiro atoms. The minimum atomic E-state index is -1.03. The first-order valence-electron chi connectivity index (χ1n) is 8.20. The van der Waals surface area contributed by atoms with Gasteiger partial charge in [0, 0.05) is 28.9 Å². The summed E-state index contributed by atoms with van der Waals surface area (Å²) >= 11 is 0. The Morgan fingerprint density at radius 2 is 1.44 bits per heavy atom. The highest BCUT2D eigenvalue weighted by Gasteiger charge is 2.18. The Hall–Kier alpha value is -2.76. The molecule has 1 aliphatic rings. The quantitative estimate of drug-likeness (QED) is 0.884. The van der Waals surface area contributed by atoms with Crippen molar-refractivity contribution in [2.45, 2.75) is 31.7 Å². The molecule has 0 unspecified atom stereocenters. The molecule has 0 aromatic heterocycles. The summed E-state index contributed by atoms with van der Waals surface area (Å²) in [5.41, 5.74) is 0.963. The fourth-order valence-electron chi connectivity index (χ4n) is 2.89. The second kappa shape index (κ2) is 7.42. The van der Waals surface area contributed by atoms with Crippen LogP contribution in [0.15, 0.2) is 42.5 Å². The average Bonchev–Trinajstić information content (AvgIpc) is 3.11. The van der Waals surface area contributed by atoms with Gasteiger partial charge >= 0.3 is 0 Å². The maximum absolute atomic E-state index is 13.2. The summed E-state index contributed by atoms with van der Waals surface area (Å²) < 4.78 is 26.1. The summed E-state index contributed by atoms with van der Waals surface area (Å²) in [6.45, 7) is 0. The lowest BCUT2D eigenvalue weighted by Crippen LogP contribution is -2.32. The van der Waals surface area contributed by atoms with Gasteiger partial charge in [-0.15, -0.1) is 0 Å². The van der Waals surface area contributed by atoms with Gasteiger partial charge < -0.3 is 10.6 Å². The Morgan fingerprint density at radius 1 is 0.840 bits per heavy atom. The molecule has 1 saturated carbocycles. The monoisotopic (exact) mass is 344 g/mol. The number of rotatable bonds is 4. The van der Waals surface area contributed by atoms with Crippen LogP contribution in [-0.4, -0.2) is 17.9 Å². The zero-order chi connectivity index (χ0) is 17.8. The van der Waals surface area contributed by atoms with Gasteiger partial charge in [-0.1, -0.05) is 12.8 Å². The van der Waals surface area contributed by atoms with Gasteiger partial charge in [0.05, 0.1) is 0 Å². The van der Waals surface area contributed by atoms with E-state index in [0.717, 1.165) is 37.8 Å². The lowest BCUT2D eigenvalue weighted by atomic mass is 10.1. The first-order chi connectivity index (χ1) is 12.0. The maximum Gasteiger partial charge on any atom is 0.255 e. The Bertz CT molecular complexity index is 785. The van der Waals surface area contributed by atoms with Gasteiger partial charge in [-0.2, -0.15) is 0 Å². The van der Waals surface area contributed by atoms with Crippen LogP contribution in [0.3, 0.4) is 0 Å². The summed E-state index contributed by atoms with van der Waals surface area (Å²) in [4.78, 5) is 24.3. The second-order valence-corrected chi connectivity index (χ2v) is 6.12.